The summed E-state index contributed by atoms with van der Waals surface area (Å²) < 4.78 is 56.2. The van der Waals surface area contributed by atoms with E-state index in [4.69, 9.17) is 42.6 Å². The molecule has 0 saturated carbocycles. The van der Waals surface area contributed by atoms with E-state index in [9.17, 15) is 34.7 Å². The Kier molecular flexibility index (Phi) is 18.0. The maximum absolute atomic E-state index is 14.7. The molecule has 0 aliphatic carbocycles. The van der Waals surface area contributed by atoms with E-state index in [1.165, 1.54) is 37.6 Å². The number of non-ortho nitro benzene ring substituents is 1. The summed E-state index contributed by atoms with van der Waals surface area (Å²) in [6.45, 7) is 18.3. The maximum atomic E-state index is 14.7. The van der Waals surface area contributed by atoms with Crippen LogP contribution in [0.4, 0.5) is 15.3 Å². The molecule has 1 aromatic rings. The second-order valence-corrected chi connectivity index (χ2v) is 20.2. The van der Waals surface area contributed by atoms with E-state index in [1.807, 2.05) is 58.6 Å². The zero-order valence-electron chi connectivity index (χ0n) is 42.0. The molecule has 21 heteroatoms. The fourth-order valence-electron chi connectivity index (χ4n) is 10.5. The lowest BCUT2D eigenvalue weighted by atomic mass is 9.77. The number of benzene rings is 1. The number of hydrazone groups is 1. The van der Waals surface area contributed by atoms with Gasteiger partial charge in [0.15, 0.2) is 30.4 Å². The first-order valence-corrected chi connectivity index (χ1v) is 23.5. The Balaban J connectivity index is 1.49. The third-order valence-corrected chi connectivity index (χ3v) is 14.3. The van der Waals surface area contributed by atoms with Crippen molar-refractivity contribution in [3.8, 4) is 0 Å². The van der Waals surface area contributed by atoms with Crippen molar-refractivity contribution in [2.24, 2.45) is 22.9 Å². The number of carbonyl (C=O) groups is 3. The van der Waals surface area contributed by atoms with Crippen LogP contribution in [0.2, 0.25) is 0 Å². The average molecular weight is 966 g/mol. The summed E-state index contributed by atoms with van der Waals surface area (Å²) in [5.41, 5.74) is -1.53. The molecule has 21 nitrogen and oxygen atoms in total. The summed E-state index contributed by atoms with van der Waals surface area (Å²) in [7, 11) is 7.08. The number of nitrogens with zero attached hydrogens (tertiary/aromatic N) is 4. The number of fused-ring (bicyclic) bond motifs is 1. The Morgan fingerprint density at radius 3 is 2.29 bits per heavy atom. The summed E-state index contributed by atoms with van der Waals surface area (Å²) in [4.78, 5) is 55.1. The Morgan fingerprint density at radius 2 is 1.69 bits per heavy atom. The van der Waals surface area contributed by atoms with Gasteiger partial charge in [0.1, 0.15) is 17.8 Å². The van der Waals surface area contributed by atoms with Crippen molar-refractivity contribution in [2.75, 3.05) is 34.8 Å². The molecular formula is C47H75N5O16. The fourth-order valence-corrected chi connectivity index (χ4v) is 10.5. The molecule has 0 radical (unpaired) electrons. The zero-order chi connectivity index (χ0) is 50.6. The van der Waals surface area contributed by atoms with Crippen molar-refractivity contribution >= 4 is 30.1 Å². The van der Waals surface area contributed by atoms with E-state index in [0.717, 1.165) is 0 Å². The number of nitro benzene ring substituents is 1. The van der Waals surface area contributed by atoms with Gasteiger partial charge in [-0.2, -0.15) is 5.10 Å². The second kappa shape index (κ2) is 22.4. The highest BCUT2D eigenvalue weighted by Gasteiger charge is 2.58. The van der Waals surface area contributed by atoms with Crippen LogP contribution in [0.5, 0.6) is 0 Å². The third-order valence-electron chi connectivity index (χ3n) is 14.3. The number of methoxy groups -OCH3 is 1. The van der Waals surface area contributed by atoms with Crippen LogP contribution in [0, 0.1) is 27.9 Å². The number of carbonyl (C=O) groups excluding carboxylic acids is 3. The van der Waals surface area contributed by atoms with Gasteiger partial charge in [-0.25, -0.2) is 15.0 Å². The minimum Gasteiger partial charge on any atom is -0.458 e. The van der Waals surface area contributed by atoms with Crippen molar-refractivity contribution in [1.82, 2.24) is 15.2 Å². The monoisotopic (exact) mass is 966 g/mol. The molecule has 0 bridgehead atoms. The molecule has 1 unspecified atom stereocenters. The van der Waals surface area contributed by atoms with Crippen LogP contribution in [0.3, 0.4) is 0 Å². The zero-order valence-corrected chi connectivity index (χ0v) is 42.0. The highest BCUT2D eigenvalue weighted by molar-refractivity contribution is 5.81. The summed E-state index contributed by atoms with van der Waals surface area (Å²) in [6.07, 6.45) is -9.06. The van der Waals surface area contributed by atoms with Crippen molar-refractivity contribution in [3.05, 3.63) is 39.9 Å². The molecule has 4 heterocycles. The number of cyclic esters (lactones) is 1. The molecule has 1 aromatic carbocycles. The van der Waals surface area contributed by atoms with E-state index >= 15 is 0 Å². The topological polar surface area (TPSA) is 249 Å². The van der Waals surface area contributed by atoms with Crippen LogP contribution in [0.15, 0.2) is 29.4 Å². The minimum atomic E-state index is -1.63. The lowest BCUT2D eigenvalue weighted by Gasteiger charge is -2.49. The predicted molar refractivity (Wildman–Crippen MR) is 245 cm³/mol. The molecule has 5 rings (SSSR count). The molecule has 68 heavy (non-hydrogen) atoms. The van der Waals surface area contributed by atoms with Crippen LogP contribution in [0.25, 0.3) is 0 Å². The normalized spacial score (nSPS) is 41.2. The quantitative estimate of drug-likeness (QED) is 0.0889. The summed E-state index contributed by atoms with van der Waals surface area (Å²) >= 11 is 0. The van der Waals surface area contributed by atoms with Crippen LogP contribution >= 0.6 is 0 Å². The van der Waals surface area contributed by atoms with E-state index in [0.29, 0.717) is 18.5 Å². The van der Waals surface area contributed by atoms with Gasteiger partial charge in [0.25, 0.3) is 5.69 Å². The smallest absolute Gasteiger partial charge is 0.458 e. The van der Waals surface area contributed by atoms with Gasteiger partial charge in [0, 0.05) is 50.2 Å². The van der Waals surface area contributed by atoms with Gasteiger partial charge in [-0.1, -0.05) is 20.8 Å². The molecule has 4 saturated heterocycles. The first kappa shape index (κ1) is 54.9. The van der Waals surface area contributed by atoms with Gasteiger partial charge in [-0.15, -0.1) is 0 Å². The fraction of sp³-hybridized carbons (Fsp3) is 0.787. The number of aliphatic hydroxyl groups is 2. The number of esters is 1. The van der Waals surface area contributed by atoms with Crippen molar-refractivity contribution < 1.29 is 72.2 Å². The van der Waals surface area contributed by atoms with Gasteiger partial charge in [-0.05, 0) is 112 Å². The molecule has 1 amide bonds. The molecule has 3 N–H and O–H groups in total. The number of ether oxygens (including phenoxy) is 9. The molecule has 0 spiro atoms. The SMILES string of the molecule is CC[C@H]1OC(=O)[C@H](C)[C@@H](O[C@H]2C[C@@](C)(OC)C(OC(=O)N/N=C/c3ccc([N+](=O)[O-])cc3)[C@H](C)O2)[C@H](C)[C@@H](O[C@@H]2O[C@H](C)C[C@H](N(C)C)[C@H]2O)[C@](C)(O)C[C@@H](C)CN(C)[C@H](C)[C@H]2OC(=O)O[C@@]21C. The Hall–Kier alpha value is -4.06. The largest absolute Gasteiger partial charge is 0.509 e. The standard InChI is InChI=1S/C47H75N5O16/c1-15-34-47(10)39(67-44(56)68-47)29(6)51(13)24-25(2)21-45(8,57)38(65-42-36(53)33(50(11)12)20-26(3)61-42)27(4)37(28(5)41(54)63-34)64-35-22-46(9,60-14)40(30(7)62-35)66-43(55)49-48-23-31-16-18-32(19-17-31)52(58)59/h16-19,23,25-30,33-40,42,53,57H,15,20-22,24H2,1-14H3,(H,49,55)/b48-23+/t25-,26-,27+,28-,29-,30+,33+,34-,35+,36-,37+,38-,39-,40?,42+,45-,46-,47-/m1/s1. The summed E-state index contributed by atoms with van der Waals surface area (Å²) in [6, 6.07) is 4.84. The lowest BCUT2D eigenvalue weighted by Crippen LogP contribution is -2.61. The molecule has 4 fully saturated rings. The molecular weight excluding hydrogens is 891 g/mol. The van der Waals surface area contributed by atoms with Gasteiger partial charge in [0.2, 0.25) is 0 Å². The summed E-state index contributed by atoms with van der Waals surface area (Å²) in [5, 5.41) is 39.4. The first-order chi connectivity index (χ1) is 31.7. The maximum Gasteiger partial charge on any atom is 0.509 e. The van der Waals surface area contributed by atoms with Crippen LogP contribution in [-0.2, 0) is 47.4 Å². The van der Waals surface area contributed by atoms with E-state index in [1.54, 1.807) is 41.5 Å². The van der Waals surface area contributed by atoms with Crippen molar-refractivity contribution in [1.29, 1.82) is 0 Å². The molecule has 4 aliphatic heterocycles. The number of hydrogen-bond donors (Lipinski definition) is 3. The number of amides is 1. The van der Waals surface area contributed by atoms with Crippen LogP contribution < -0.4 is 5.43 Å². The van der Waals surface area contributed by atoms with E-state index in [-0.39, 0.29) is 43.0 Å². The van der Waals surface area contributed by atoms with E-state index in [2.05, 4.69) is 10.5 Å². The molecule has 18 atom stereocenters. The highest BCUT2D eigenvalue weighted by Crippen LogP contribution is 2.42. The molecule has 4 aliphatic rings. The summed E-state index contributed by atoms with van der Waals surface area (Å²) in [5.74, 6) is -2.81. The lowest BCUT2D eigenvalue weighted by molar-refractivity contribution is -0.384. The van der Waals surface area contributed by atoms with Crippen molar-refractivity contribution in [3.63, 3.8) is 0 Å². The van der Waals surface area contributed by atoms with Gasteiger partial charge in [-0.3, -0.25) is 19.8 Å². The van der Waals surface area contributed by atoms with Crippen molar-refractivity contribution in [2.45, 2.75) is 185 Å². The number of likely N-dealkylation sites (N-methyl/N-ethyl adjacent to an activating group) is 2. The van der Waals surface area contributed by atoms with Gasteiger partial charge < -0.3 is 57.7 Å². The average Bonchev–Trinajstić information content (AvgIpc) is 3.58. The number of nitrogens with one attached hydrogen (secondary N) is 1. The number of aliphatic hydroxyl groups excluding tert-OH is 1. The highest BCUT2D eigenvalue weighted by atomic mass is 16.8. The number of hydrogen-bond acceptors (Lipinski definition) is 19. The molecule has 384 valence electrons. The first-order valence-electron chi connectivity index (χ1n) is 23.5. The Labute approximate surface area is 399 Å². The Morgan fingerprint density at radius 1 is 1.03 bits per heavy atom. The van der Waals surface area contributed by atoms with E-state index < -0.39 is 113 Å². The van der Waals surface area contributed by atoms with Crippen LogP contribution in [0.1, 0.15) is 100 Å². The minimum absolute atomic E-state index is 0.0108. The third kappa shape index (κ3) is 12.4. The number of rotatable bonds is 11. The van der Waals surface area contributed by atoms with Gasteiger partial charge >= 0.3 is 18.2 Å². The van der Waals surface area contributed by atoms with Crippen LogP contribution in [-0.4, -0.2) is 174 Å². The number of nitro groups is 1. The van der Waals surface area contributed by atoms with Gasteiger partial charge in [0.05, 0.1) is 47.1 Å². The second-order valence-electron chi connectivity index (χ2n) is 20.2. The Bertz CT molecular complexity index is 1920. The molecule has 0 aromatic heterocycles. The predicted octanol–water partition coefficient (Wildman–Crippen LogP) is 4.76.